The lowest BCUT2D eigenvalue weighted by Crippen LogP contribution is -2.53. The van der Waals surface area contributed by atoms with Gasteiger partial charge in [-0.2, -0.15) is 0 Å². The molecule has 0 aromatic carbocycles. The Hall–Kier alpha value is -0.610. The van der Waals surface area contributed by atoms with Crippen LogP contribution in [0.15, 0.2) is 0 Å². The van der Waals surface area contributed by atoms with Crippen molar-refractivity contribution < 1.29 is 4.79 Å². The molecular weight excluding hydrogens is 250 g/mol. The maximum atomic E-state index is 12.3. The van der Waals surface area contributed by atoms with Crippen molar-refractivity contribution in [3.63, 3.8) is 0 Å². The Balaban J connectivity index is 2.52. The molecule has 2 N–H and O–H groups in total. The summed E-state index contributed by atoms with van der Waals surface area (Å²) in [5, 5.41) is 6.63. The zero-order chi connectivity index (χ0) is 15.1. The van der Waals surface area contributed by atoms with Crippen LogP contribution in [-0.2, 0) is 4.79 Å². The zero-order valence-corrected chi connectivity index (χ0v) is 13.9. The average molecular weight is 283 g/mol. The van der Waals surface area contributed by atoms with Crippen molar-refractivity contribution in [2.24, 2.45) is 5.92 Å². The van der Waals surface area contributed by atoms with Crippen molar-refractivity contribution in [1.82, 2.24) is 15.5 Å². The summed E-state index contributed by atoms with van der Waals surface area (Å²) in [6.07, 6.45) is 3.81. The highest BCUT2D eigenvalue weighted by Gasteiger charge is 2.26. The molecular formula is C16H33N3O. The molecule has 1 amide bonds. The molecule has 0 aromatic heterocycles. The summed E-state index contributed by atoms with van der Waals surface area (Å²) >= 11 is 0. The van der Waals surface area contributed by atoms with Crippen LogP contribution in [0.25, 0.3) is 0 Å². The number of carbonyl (C=O) groups is 1. The normalized spacial score (nSPS) is 21.5. The van der Waals surface area contributed by atoms with E-state index in [1.807, 2.05) is 6.92 Å². The van der Waals surface area contributed by atoms with Crippen molar-refractivity contribution in [3.8, 4) is 0 Å². The van der Waals surface area contributed by atoms with E-state index in [0.717, 1.165) is 19.6 Å². The van der Waals surface area contributed by atoms with E-state index in [-0.39, 0.29) is 11.9 Å². The lowest BCUT2D eigenvalue weighted by atomic mass is 10.0. The Kier molecular flexibility index (Phi) is 7.52. The highest BCUT2D eigenvalue weighted by molar-refractivity contribution is 5.81. The van der Waals surface area contributed by atoms with E-state index in [1.54, 1.807) is 0 Å². The van der Waals surface area contributed by atoms with Gasteiger partial charge < -0.3 is 10.6 Å². The van der Waals surface area contributed by atoms with E-state index in [0.29, 0.717) is 18.0 Å². The molecule has 1 saturated heterocycles. The summed E-state index contributed by atoms with van der Waals surface area (Å²) in [6.45, 7) is 13.5. The fourth-order valence-corrected chi connectivity index (χ4v) is 2.75. The first-order chi connectivity index (χ1) is 9.41. The van der Waals surface area contributed by atoms with E-state index in [2.05, 4.69) is 43.2 Å². The number of hydrogen-bond donors (Lipinski definition) is 2. The van der Waals surface area contributed by atoms with E-state index in [4.69, 9.17) is 0 Å². The lowest BCUT2D eigenvalue weighted by Gasteiger charge is -2.36. The second kappa shape index (κ2) is 8.63. The van der Waals surface area contributed by atoms with Crippen molar-refractivity contribution in [2.75, 3.05) is 19.6 Å². The summed E-state index contributed by atoms with van der Waals surface area (Å²) in [4.78, 5) is 14.6. The highest BCUT2D eigenvalue weighted by Crippen LogP contribution is 2.13. The van der Waals surface area contributed by atoms with Gasteiger partial charge in [-0.3, -0.25) is 9.69 Å². The van der Waals surface area contributed by atoms with Crippen molar-refractivity contribution in [3.05, 3.63) is 0 Å². The summed E-state index contributed by atoms with van der Waals surface area (Å²) in [5.41, 5.74) is 0. The van der Waals surface area contributed by atoms with Crippen molar-refractivity contribution in [2.45, 2.75) is 72.0 Å². The Morgan fingerprint density at radius 2 is 1.95 bits per heavy atom. The van der Waals surface area contributed by atoms with E-state index >= 15 is 0 Å². The van der Waals surface area contributed by atoms with Crippen LogP contribution in [0.4, 0.5) is 0 Å². The van der Waals surface area contributed by atoms with Crippen molar-refractivity contribution >= 4 is 5.91 Å². The molecule has 2 unspecified atom stereocenters. The van der Waals surface area contributed by atoms with Crippen LogP contribution in [0.3, 0.4) is 0 Å². The number of hydrogen-bond acceptors (Lipinski definition) is 3. The van der Waals surface area contributed by atoms with Crippen molar-refractivity contribution in [1.29, 1.82) is 0 Å². The number of nitrogens with zero attached hydrogens (tertiary/aromatic N) is 1. The van der Waals surface area contributed by atoms with Crippen LogP contribution < -0.4 is 10.6 Å². The minimum atomic E-state index is -0.0579. The van der Waals surface area contributed by atoms with Gasteiger partial charge in [0.1, 0.15) is 0 Å². The molecule has 4 heteroatoms. The predicted molar refractivity (Wildman–Crippen MR) is 84.8 cm³/mol. The standard InChI is InChI=1S/C16H33N3O/c1-12(2)10-18-16(20)14(5)19(13(3)4)11-15-8-6-7-9-17-15/h12-15,17H,6-11H2,1-5H3,(H,18,20). The van der Waals surface area contributed by atoms with Gasteiger partial charge >= 0.3 is 0 Å². The average Bonchev–Trinajstić information content (AvgIpc) is 2.42. The molecule has 0 saturated carbocycles. The summed E-state index contributed by atoms with van der Waals surface area (Å²) in [5.74, 6) is 0.655. The van der Waals surface area contributed by atoms with Gasteiger partial charge in [0, 0.05) is 25.2 Å². The van der Waals surface area contributed by atoms with Crippen LogP contribution in [-0.4, -0.2) is 48.6 Å². The quantitative estimate of drug-likeness (QED) is 0.751. The van der Waals surface area contributed by atoms with Gasteiger partial charge in [0.15, 0.2) is 0 Å². The van der Waals surface area contributed by atoms with Gasteiger partial charge in [-0.25, -0.2) is 0 Å². The molecule has 1 rings (SSSR count). The van der Waals surface area contributed by atoms with E-state index < -0.39 is 0 Å². The lowest BCUT2D eigenvalue weighted by molar-refractivity contribution is -0.126. The molecule has 0 aliphatic carbocycles. The third kappa shape index (κ3) is 5.80. The molecule has 1 aliphatic rings. The van der Waals surface area contributed by atoms with Crippen LogP contribution in [0.5, 0.6) is 0 Å². The first kappa shape index (κ1) is 17.4. The fourth-order valence-electron chi connectivity index (χ4n) is 2.75. The second-order valence-electron chi connectivity index (χ2n) is 6.75. The third-order valence-electron chi connectivity index (χ3n) is 4.07. The van der Waals surface area contributed by atoms with Gasteiger partial charge in [0.25, 0.3) is 0 Å². The molecule has 0 spiro atoms. The van der Waals surface area contributed by atoms with E-state index in [9.17, 15) is 4.79 Å². The first-order valence-electron chi connectivity index (χ1n) is 8.18. The van der Waals surface area contributed by atoms with E-state index in [1.165, 1.54) is 19.3 Å². The van der Waals surface area contributed by atoms with Crippen LogP contribution in [0.2, 0.25) is 0 Å². The molecule has 118 valence electrons. The smallest absolute Gasteiger partial charge is 0.237 e. The topological polar surface area (TPSA) is 44.4 Å². The summed E-state index contributed by atoms with van der Waals surface area (Å²) < 4.78 is 0. The molecule has 0 aromatic rings. The Labute approximate surface area is 124 Å². The molecule has 1 fully saturated rings. The minimum Gasteiger partial charge on any atom is -0.354 e. The third-order valence-corrected chi connectivity index (χ3v) is 4.07. The molecule has 20 heavy (non-hydrogen) atoms. The fraction of sp³-hybridized carbons (Fsp3) is 0.938. The number of nitrogens with one attached hydrogen (secondary N) is 2. The molecule has 2 atom stereocenters. The Morgan fingerprint density at radius 1 is 1.25 bits per heavy atom. The number of amides is 1. The Morgan fingerprint density at radius 3 is 2.45 bits per heavy atom. The van der Waals surface area contributed by atoms with Crippen LogP contribution >= 0.6 is 0 Å². The molecule has 0 bridgehead atoms. The summed E-state index contributed by atoms with van der Waals surface area (Å²) in [6, 6.07) is 0.863. The van der Waals surface area contributed by atoms with Gasteiger partial charge in [-0.05, 0) is 46.1 Å². The maximum absolute atomic E-state index is 12.3. The minimum absolute atomic E-state index is 0.0579. The van der Waals surface area contributed by atoms with Crippen LogP contribution in [0.1, 0.15) is 53.9 Å². The number of rotatable bonds is 7. The summed E-state index contributed by atoms with van der Waals surface area (Å²) in [7, 11) is 0. The monoisotopic (exact) mass is 283 g/mol. The molecule has 1 aliphatic heterocycles. The van der Waals surface area contributed by atoms with Gasteiger partial charge in [-0.1, -0.05) is 20.3 Å². The maximum Gasteiger partial charge on any atom is 0.237 e. The predicted octanol–water partition coefficient (Wildman–Crippen LogP) is 2.00. The number of carbonyl (C=O) groups excluding carboxylic acids is 1. The van der Waals surface area contributed by atoms with Gasteiger partial charge in [-0.15, -0.1) is 0 Å². The SMILES string of the molecule is CC(C)CNC(=O)C(C)N(CC1CCCCN1)C(C)C. The highest BCUT2D eigenvalue weighted by atomic mass is 16.2. The first-order valence-corrected chi connectivity index (χ1v) is 8.18. The molecule has 0 radical (unpaired) electrons. The van der Waals surface area contributed by atoms with Gasteiger partial charge in [0.2, 0.25) is 5.91 Å². The second-order valence-corrected chi connectivity index (χ2v) is 6.75. The zero-order valence-electron chi connectivity index (χ0n) is 13.9. The van der Waals surface area contributed by atoms with Crippen LogP contribution in [0, 0.1) is 5.92 Å². The van der Waals surface area contributed by atoms with Gasteiger partial charge in [0.05, 0.1) is 6.04 Å². The molecule has 4 nitrogen and oxygen atoms in total. The largest absolute Gasteiger partial charge is 0.354 e. The Bertz CT molecular complexity index is 285. The number of piperidine rings is 1. The molecule has 1 heterocycles.